The van der Waals surface area contributed by atoms with E-state index >= 15 is 0 Å². The molecule has 3 heterocycles. The summed E-state index contributed by atoms with van der Waals surface area (Å²) in [5, 5.41) is 16.6. The Bertz CT molecular complexity index is 1260. The van der Waals surface area contributed by atoms with E-state index in [0.717, 1.165) is 48.6 Å². The summed E-state index contributed by atoms with van der Waals surface area (Å²) in [4.78, 5) is 29.3. The molecule has 0 saturated heterocycles. The van der Waals surface area contributed by atoms with Gasteiger partial charge in [-0.05, 0) is 75.7 Å². The molecule has 0 radical (unpaired) electrons. The molecular formula is C26H30ClFN6O3. The van der Waals surface area contributed by atoms with Crippen LogP contribution in [0.15, 0.2) is 36.5 Å². The maximum Gasteiger partial charge on any atom is 0.290 e. The standard InChI is InChI=1S/C25H28ClFN6O.CH2O2/c1-31(2)15-23(34)32-13-18-12-19(26)9-10-21(18)33-22(14-32)29-30-25(33)17-7-5-16(6-8-17)24-20(27)4-3-11-28-24;2-1-3/h3-4,9-12,16-17H,5-8,13-15H2,1-2H3;1H,(H,2,3)/t16-,17-;. The summed E-state index contributed by atoms with van der Waals surface area (Å²) in [6.45, 7) is 0.933. The van der Waals surface area contributed by atoms with E-state index < -0.39 is 0 Å². The number of pyridine rings is 1. The highest BCUT2D eigenvalue weighted by atomic mass is 35.5. The van der Waals surface area contributed by atoms with E-state index in [4.69, 9.17) is 21.5 Å². The third kappa shape index (κ3) is 5.97. The van der Waals surface area contributed by atoms with Gasteiger partial charge in [0.05, 0.1) is 24.5 Å². The zero-order valence-electron chi connectivity index (χ0n) is 20.8. The number of likely N-dealkylation sites (N-methyl/N-ethyl adjacent to an activating group) is 1. The second kappa shape index (κ2) is 11.8. The molecule has 1 aromatic carbocycles. The van der Waals surface area contributed by atoms with Gasteiger partial charge in [0.15, 0.2) is 5.82 Å². The lowest BCUT2D eigenvalue weighted by Crippen LogP contribution is -2.36. The largest absolute Gasteiger partial charge is 0.483 e. The Balaban J connectivity index is 0.00000102. The van der Waals surface area contributed by atoms with Crippen molar-refractivity contribution in [2.45, 2.75) is 50.6 Å². The highest BCUT2D eigenvalue weighted by molar-refractivity contribution is 6.30. The van der Waals surface area contributed by atoms with Crippen LogP contribution in [0.3, 0.4) is 0 Å². The molecule has 1 saturated carbocycles. The zero-order valence-corrected chi connectivity index (χ0v) is 21.6. The van der Waals surface area contributed by atoms with Gasteiger partial charge >= 0.3 is 0 Å². The molecule has 9 nitrogen and oxygen atoms in total. The normalized spacial score (nSPS) is 18.8. The molecule has 0 unspecified atom stereocenters. The minimum Gasteiger partial charge on any atom is -0.483 e. The monoisotopic (exact) mass is 528 g/mol. The van der Waals surface area contributed by atoms with Crippen LogP contribution in [0.2, 0.25) is 5.02 Å². The van der Waals surface area contributed by atoms with Gasteiger partial charge in [-0.25, -0.2) is 4.39 Å². The lowest BCUT2D eigenvalue weighted by Gasteiger charge is -2.28. The number of halogens is 2. The second-order valence-electron chi connectivity index (χ2n) is 9.59. The summed E-state index contributed by atoms with van der Waals surface area (Å²) >= 11 is 6.33. The van der Waals surface area contributed by atoms with Crippen molar-refractivity contribution in [2.75, 3.05) is 20.6 Å². The molecule has 196 valence electrons. The zero-order chi connectivity index (χ0) is 26.5. The van der Waals surface area contributed by atoms with Crippen LogP contribution in [0.5, 0.6) is 0 Å². The molecule has 2 aliphatic rings. The van der Waals surface area contributed by atoms with Gasteiger partial charge in [0.2, 0.25) is 5.91 Å². The smallest absolute Gasteiger partial charge is 0.290 e. The number of rotatable bonds is 4. The number of benzene rings is 1. The molecular weight excluding hydrogens is 499 g/mol. The van der Waals surface area contributed by atoms with Gasteiger partial charge in [0, 0.05) is 29.6 Å². The molecule has 3 aromatic rings. The van der Waals surface area contributed by atoms with Crippen molar-refractivity contribution in [3.63, 3.8) is 0 Å². The van der Waals surface area contributed by atoms with E-state index in [2.05, 4.69) is 19.7 Å². The molecule has 1 aliphatic heterocycles. The third-order valence-electron chi connectivity index (χ3n) is 6.80. The number of hydrogen-bond acceptors (Lipinski definition) is 6. The highest BCUT2D eigenvalue weighted by Gasteiger charge is 2.32. The van der Waals surface area contributed by atoms with Crippen molar-refractivity contribution in [3.8, 4) is 5.69 Å². The Labute approximate surface area is 219 Å². The molecule has 37 heavy (non-hydrogen) atoms. The van der Waals surface area contributed by atoms with Crippen LogP contribution in [0.25, 0.3) is 5.69 Å². The van der Waals surface area contributed by atoms with E-state index in [-0.39, 0.29) is 30.0 Å². The van der Waals surface area contributed by atoms with Gasteiger partial charge in [0.1, 0.15) is 11.6 Å². The van der Waals surface area contributed by atoms with Crippen LogP contribution in [0, 0.1) is 5.82 Å². The van der Waals surface area contributed by atoms with Crippen LogP contribution < -0.4 is 0 Å². The van der Waals surface area contributed by atoms with Gasteiger partial charge in [-0.2, -0.15) is 0 Å². The van der Waals surface area contributed by atoms with Gasteiger partial charge < -0.3 is 14.9 Å². The summed E-state index contributed by atoms with van der Waals surface area (Å²) in [6, 6.07) is 8.89. The molecule has 1 fully saturated rings. The van der Waals surface area contributed by atoms with Crippen molar-refractivity contribution >= 4 is 24.0 Å². The molecule has 2 aromatic heterocycles. The number of nitrogens with zero attached hydrogens (tertiary/aromatic N) is 6. The van der Waals surface area contributed by atoms with Crippen molar-refractivity contribution in [1.29, 1.82) is 0 Å². The van der Waals surface area contributed by atoms with Gasteiger partial charge in [0.25, 0.3) is 6.47 Å². The molecule has 0 bridgehead atoms. The first-order valence-electron chi connectivity index (χ1n) is 12.2. The number of fused-ring (bicyclic) bond motifs is 3. The topological polar surface area (TPSA) is 104 Å². The van der Waals surface area contributed by atoms with Crippen molar-refractivity contribution in [1.82, 2.24) is 29.5 Å². The minimum absolute atomic E-state index is 0.0341. The Morgan fingerprint density at radius 1 is 1.16 bits per heavy atom. The Morgan fingerprint density at radius 3 is 2.54 bits per heavy atom. The fourth-order valence-electron chi connectivity index (χ4n) is 5.16. The predicted molar refractivity (Wildman–Crippen MR) is 136 cm³/mol. The summed E-state index contributed by atoms with van der Waals surface area (Å²) in [5.41, 5.74) is 2.51. The molecule has 0 atom stereocenters. The summed E-state index contributed by atoms with van der Waals surface area (Å²) < 4.78 is 16.4. The lowest BCUT2D eigenvalue weighted by molar-refractivity contribution is -0.133. The second-order valence-corrected chi connectivity index (χ2v) is 10.0. The SMILES string of the molecule is CN(C)CC(=O)N1Cc2cc(Cl)ccc2-n2c(nnc2[C@H]2CC[C@H](c3ncccc3F)CC2)C1.O=CO. The maximum absolute atomic E-state index is 14.3. The first-order chi connectivity index (χ1) is 17.8. The van der Waals surface area contributed by atoms with Crippen LogP contribution in [-0.2, 0) is 22.7 Å². The van der Waals surface area contributed by atoms with Crippen LogP contribution >= 0.6 is 11.6 Å². The van der Waals surface area contributed by atoms with Gasteiger partial charge in [-0.15, -0.1) is 10.2 Å². The molecule has 1 aliphatic carbocycles. The fourth-order valence-corrected chi connectivity index (χ4v) is 5.36. The molecule has 0 spiro atoms. The van der Waals surface area contributed by atoms with Crippen molar-refractivity contribution in [3.05, 3.63) is 70.3 Å². The first-order valence-corrected chi connectivity index (χ1v) is 12.5. The average Bonchev–Trinajstić information content (AvgIpc) is 3.20. The third-order valence-corrected chi connectivity index (χ3v) is 7.04. The van der Waals surface area contributed by atoms with E-state index in [9.17, 15) is 9.18 Å². The predicted octanol–water partition coefficient (Wildman–Crippen LogP) is 4.00. The Hall–Kier alpha value is -3.37. The van der Waals surface area contributed by atoms with Crippen molar-refractivity contribution < 1.29 is 19.1 Å². The van der Waals surface area contributed by atoms with Crippen LogP contribution in [0.1, 0.15) is 60.4 Å². The summed E-state index contributed by atoms with van der Waals surface area (Å²) in [5.74, 6) is 1.79. The molecule has 5 rings (SSSR count). The van der Waals surface area contributed by atoms with E-state index in [1.165, 1.54) is 6.07 Å². The average molecular weight is 529 g/mol. The summed E-state index contributed by atoms with van der Waals surface area (Å²) in [6.07, 6.45) is 5.12. The Morgan fingerprint density at radius 2 is 1.86 bits per heavy atom. The van der Waals surface area contributed by atoms with Crippen LogP contribution in [0.4, 0.5) is 4.39 Å². The number of carboxylic acid groups (broad SMARTS) is 1. The quantitative estimate of drug-likeness (QED) is 0.510. The van der Waals surface area contributed by atoms with E-state index in [1.807, 2.05) is 42.1 Å². The number of hydrogen-bond donors (Lipinski definition) is 1. The highest BCUT2D eigenvalue weighted by Crippen LogP contribution is 2.41. The molecule has 1 amide bonds. The molecule has 11 heteroatoms. The number of aromatic nitrogens is 4. The Kier molecular flexibility index (Phi) is 8.50. The van der Waals surface area contributed by atoms with Crippen molar-refractivity contribution in [2.24, 2.45) is 0 Å². The fraction of sp³-hybridized carbons (Fsp3) is 0.423. The number of carbonyl (C=O) groups excluding carboxylic acids is 1. The maximum atomic E-state index is 14.3. The first kappa shape index (κ1) is 26.7. The number of carbonyl (C=O) groups is 2. The van der Waals surface area contributed by atoms with Gasteiger partial charge in [-0.3, -0.25) is 19.1 Å². The van der Waals surface area contributed by atoms with Gasteiger partial charge in [-0.1, -0.05) is 11.6 Å². The molecule has 1 N–H and O–H groups in total. The lowest BCUT2D eigenvalue weighted by atomic mass is 9.79. The van der Waals surface area contributed by atoms with E-state index in [1.54, 1.807) is 12.3 Å². The number of amides is 1. The minimum atomic E-state index is -0.250. The van der Waals surface area contributed by atoms with Crippen LogP contribution in [-0.4, -0.2) is 67.7 Å². The summed E-state index contributed by atoms with van der Waals surface area (Å²) in [7, 11) is 3.77. The van der Waals surface area contributed by atoms with E-state index in [0.29, 0.717) is 30.4 Å².